The number of allylic oxidation sites excluding steroid dienone is 1. The number of benzene rings is 2. The Hall–Kier alpha value is -2.88. The van der Waals surface area contributed by atoms with E-state index in [2.05, 4.69) is 17.2 Å². The molecular formula is C20H19N3O. The number of hydrogen-bond acceptors (Lipinski definition) is 2. The Labute approximate surface area is 141 Å². The zero-order valence-corrected chi connectivity index (χ0v) is 13.4. The highest BCUT2D eigenvalue weighted by Gasteiger charge is 2.34. The highest BCUT2D eigenvalue weighted by Crippen LogP contribution is 2.33. The van der Waals surface area contributed by atoms with Crippen molar-refractivity contribution in [3.8, 4) is 0 Å². The fourth-order valence-corrected chi connectivity index (χ4v) is 3.46. The number of para-hydroxylation sites is 3. The molecule has 2 heterocycles. The maximum Gasteiger partial charge on any atom is 0.227 e. The lowest BCUT2D eigenvalue weighted by atomic mass is 10.1. The molecule has 4 nitrogen and oxygen atoms in total. The summed E-state index contributed by atoms with van der Waals surface area (Å²) in [5.41, 5.74) is 3.02. The van der Waals surface area contributed by atoms with Gasteiger partial charge in [0.05, 0.1) is 11.0 Å². The average Bonchev–Trinajstić information content (AvgIpc) is 3.17. The first-order valence-corrected chi connectivity index (χ1v) is 8.19. The number of amides is 1. The Kier molecular flexibility index (Phi) is 3.65. The first-order chi connectivity index (χ1) is 11.8. The summed E-state index contributed by atoms with van der Waals surface area (Å²) in [5, 5.41) is 0. The molecule has 0 aliphatic carbocycles. The summed E-state index contributed by atoms with van der Waals surface area (Å²) >= 11 is 0. The average molecular weight is 317 g/mol. The van der Waals surface area contributed by atoms with Gasteiger partial charge in [-0.05, 0) is 24.3 Å². The third-order valence-electron chi connectivity index (χ3n) is 4.55. The van der Waals surface area contributed by atoms with E-state index >= 15 is 0 Å². The first kappa shape index (κ1) is 14.7. The summed E-state index contributed by atoms with van der Waals surface area (Å²) in [7, 11) is 0. The molecule has 0 radical (unpaired) electrons. The number of imidazole rings is 1. The van der Waals surface area contributed by atoms with Crippen LogP contribution in [0, 0.1) is 0 Å². The van der Waals surface area contributed by atoms with E-state index in [-0.39, 0.29) is 11.8 Å². The SMILES string of the molecule is C=CCn1c([C@H]2CC(=O)N(c3ccccc3)C2)nc2ccccc21. The van der Waals surface area contributed by atoms with E-state index in [1.165, 1.54) is 0 Å². The third-order valence-corrected chi connectivity index (χ3v) is 4.55. The van der Waals surface area contributed by atoms with Gasteiger partial charge in [-0.15, -0.1) is 6.58 Å². The van der Waals surface area contributed by atoms with Crippen molar-refractivity contribution in [3.05, 3.63) is 73.1 Å². The molecule has 0 N–H and O–H groups in total. The zero-order chi connectivity index (χ0) is 16.5. The Morgan fingerprint density at radius 1 is 1.12 bits per heavy atom. The van der Waals surface area contributed by atoms with Crippen molar-refractivity contribution in [1.29, 1.82) is 0 Å². The van der Waals surface area contributed by atoms with Crippen molar-refractivity contribution in [3.63, 3.8) is 0 Å². The van der Waals surface area contributed by atoms with Gasteiger partial charge in [0.1, 0.15) is 5.82 Å². The van der Waals surface area contributed by atoms with E-state index in [4.69, 9.17) is 4.98 Å². The highest BCUT2D eigenvalue weighted by atomic mass is 16.2. The summed E-state index contributed by atoms with van der Waals surface area (Å²) in [5.74, 6) is 1.23. The number of anilines is 1. The number of carbonyl (C=O) groups excluding carboxylic acids is 1. The minimum absolute atomic E-state index is 0.102. The molecular weight excluding hydrogens is 298 g/mol. The Bertz CT molecular complexity index is 898. The Morgan fingerprint density at radius 3 is 2.67 bits per heavy atom. The van der Waals surface area contributed by atoms with Gasteiger partial charge in [0.2, 0.25) is 5.91 Å². The summed E-state index contributed by atoms with van der Waals surface area (Å²) in [6.07, 6.45) is 2.37. The third kappa shape index (κ3) is 2.40. The summed E-state index contributed by atoms with van der Waals surface area (Å²) in [6, 6.07) is 17.9. The second-order valence-electron chi connectivity index (χ2n) is 6.10. The van der Waals surface area contributed by atoms with E-state index in [0.29, 0.717) is 19.5 Å². The van der Waals surface area contributed by atoms with Crippen LogP contribution in [0.2, 0.25) is 0 Å². The van der Waals surface area contributed by atoms with Crippen molar-refractivity contribution in [2.24, 2.45) is 0 Å². The number of carbonyl (C=O) groups is 1. The lowest BCUT2D eigenvalue weighted by Gasteiger charge is -2.17. The monoisotopic (exact) mass is 317 g/mol. The van der Waals surface area contributed by atoms with E-state index in [1.807, 2.05) is 59.5 Å². The van der Waals surface area contributed by atoms with Crippen molar-refractivity contribution >= 4 is 22.6 Å². The summed E-state index contributed by atoms with van der Waals surface area (Å²) in [4.78, 5) is 19.2. The molecule has 1 aliphatic heterocycles. The molecule has 0 spiro atoms. The van der Waals surface area contributed by atoms with Crippen LogP contribution >= 0.6 is 0 Å². The van der Waals surface area contributed by atoms with Crippen LogP contribution in [0.5, 0.6) is 0 Å². The van der Waals surface area contributed by atoms with E-state index in [9.17, 15) is 4.79 Å². The first-order valence-electron chi connectivity index (χ1n) is 8.19. The number of rotatable bonds is 4. The van der Waals surface area contributed by atoms with Crippen LogP contribution in [0.15, 0.2) is 67.3 Å². The fraction of sp³-hybridized carbons (Fsp3) is 0.200. The molecule has 24 heavy (non-hydrogen) atoms. The van der Waals surface area contributed by atoms with Gasteiger partial charge in [-0.25, -0.2) is 4.98 Å². The molecule has 0 saturated carbocycles. The largest absolute Gasteiger partial charge is 0.324 e. The molecule has 1 atom stereocenters. The standard InChI is InChI=1S/C20H19N3O/c1-2-12-22-18-11-7-6-10-17(18)21-20(22)15-13-19(24)23(14-15)16-8-4-3-5-9-16/h2-11,15H,1,12-14H2/t15-/m0/s1. The summed E-state index contributed by atoms with van der Waals surface area (Å²) < 4.78 is 2.18. The second kappa shape index (κ2) is 5.96. The van der Waals surface area contributed by atoms with Crippen molar-refractivity contribution in [2.45, 2.75) is 18.9 Å². The molecule has 4 rings (SSSR count). The van der Waals surface area contributed by atoms with Gasteiger partial charge in [-0.3, -0.25) is 4.79 Å². The van der Waals surface area contributed by atoms with Crippen LogP contribution in [-0.2, 0) is 11.3 Å². The van der Waals surface area contributed by atoms with Crippen LogP contribution in [0.3, 0.4) is 0 Å². The van der Waals surface area contributed by atoms with E-state index < -0.39 is 0 Å². The van der Waals surface area contributed by atoms with E-state index in [1.54, 1.807) is 0 Å². The van der Waals surface area contributed by atoms with Crippen LogP contribution in [-0.4, -0.2) is 22.0 Å². The minimum Gasteiger partial charge on any atom is -0.324 e. The molecule has 1 amide bonds. The van der Waals surface area contributed by atoms with Gasteiger partial charge in [-0.1, -0.05) is 36.4 Å². The Balaban J connectivity index is 1.72. The van der Waals surface area contributed by atoms with Crippen molar-refractivity contribution < 1.29 is 4.79 Å². The smallest absolute Gasteiger partial charge is 0.227 e. The van der Waals surface area contributed by atoms with Gasteiger partial charge < -0.3 is 9.47 Å². The molecule has 1 aliphatic rings. The topological polar surface area (TPSA) is 38.1 Å². The van der Waals surface area contributed by atoms with Gasteiger partial charge in [0, 0.05) is 31.1 Å². The van der Waals surface area contributed by atoms with Crippen LogP contribution in [0.25, 0.3) is 11.0 Å². The van der Waals surface area contributed by atoms with E-state index in [0.717, 1.165) is 22.5 Å². The van der Waals surface area contributed by atoms with Gasteiger partial charge >= 0.3 is 0 Å². The Morgan fingerprint density at radius 2 is 1.88 bits per heavy atom. The predicted molar refractivity (Wildman–Crippen MR) is 96.1 cm³/mol. The van der Waals surface area contributed by atoms with Crippen LogP contribution in [0.4, 0.5) is 5.69 Å². The fourth-order valence-electron chi connectivity index (χ4n) is 3.46. The maximum atomic E-state index is 12.5. The molecule has 1 aromatic heterocycles. The normalized spacial score (nSPS) is 17.6. The number of hydrogen-bond donors (Lipinski definition) is 0. The molecule has 2 aromatic carbocycles. The molecule has 120 valence electrons. The minimum atomic E-state index is 0.102. The van der Waals surface area contributed by atoms with Crippen LogP contribution in [0.1, 0.15) is 18.2 Å². The summed E-state index contributed by atoms with van der Waals surface area (Å²) in [6.45, 7) is 5.23. The molecule has 4 heteroatoms. The van der Waals surface area contributed by atoms with Gasteiger partial charge in [0.25, 0.3) is 0 Å². The molecule has 0 bridgehead atoms. The van der Waals surface area contributed by atoms with Crippen molar-refractivity contribution in [1.82, 2.24) is 9.55 Å². The second-order valence-corrected chi connectivity index (χ2v) is 6.10. The lowest BCUT2D eigenvalue weighted by Crippen LogP contribution is -2.24. The maximum absolute atomic E-state index is 12.5. The predicted octanol–water partition coefficient (Wildman–Crippen LogP) is 3.74. The zero-order valence-electron chi connectivity index (χ0n) is 13.4. The number of fused-ring (bicyclic) bond motifs is 1. The molecule has 1 fully saturated rings. The molecule has 0 unspecified atom stereocenters. The molecule has 3 aromatic rings. The molecule has 1 saturated heterocycles. The van der Waals surface area contributed by atoms with Crippen LogP contribution < -0.4 is 4.90 Å². The number of aromatic nitrogens is 2. The lowest BCUT2D eigenvalue weighted by molar-refractivity contribution is -0.117. The number of nitrogens with zero attached hydrogens (tertiary/aromatic N) is 3. The highest BCUT2D eigenvalue weighted by molar-refractivity contribution is 5.96. The quantitative estimate of drug-likeness (QED) is 0.688. The van der Waals surface area contributed by atoms with Gasteiger partial charge in [0.15, 0.2) is 0 Å². The van der Waals surface area contributed by atoms with Crippen molar-refractivity contribution in [2.75, 3.05) is 11.4 Å². The van der Waals surface area contributed by atoms with Gasteiger partial charge in [-0.2, -0.15) is 0 Å².